The van der Waals surface area contributed by atoms with E-state index in [1.165, 1.54) is 12.8 Å². The van der Waals surface area contributed by atoms with Crippen LogP contribution >= 0.6 is 10.7 Å². The van der Waals surface area contributed by atoms with Crippen LogP contribution in [0.2, 0.25) is 0 Å². The average Bonchev–Trinajstić information content (AvgIpc) is 2.04. The first-order valence-corrected chi connectivity index (χ1v) is 6.88. The highest BCUT2D eigenvalue weighted by atomic mass is 35.7. The summed E-state index contributed by atoms with van der Waals surface area (Å²) < 4.78 is 21.1. The molecule has 13 heavy (non-hydrogen) atoms. The lowest BCUT2D eigenvalue weighted by molar-refractivity contribution is 0.454. The lowest BCUT2D eigenvalue weighted by atomic mass is 10.1. The maximum absolute atomic E-state index is 10.6. The van der Waals surface area contributed by atoms with E-state index >= 15 is 0 Å². The van der Waals surface area contributed by atoms with Crippen molar-refractivity contribution in [2.75, 3.05) is 12.3 Å². The monoisotopic (exact) mass is 223 g/mol. The number of rotatable bonds is 3. The minimum Gasteiger partial charge on any atom is -0.311 e. The Morgan fingerprint density at radius 1 is 1.46 bits per heavy atom. The molecule has 1 aliphatic rings. The molecule has 1 heterocycles. The summed E-state index contributed by atoms with van der Waals surface area (Å²) in [4.78, 5) is 0. The van der Waals surface area contributed by atoms with Crippen LogP contribution in [-0.2, 0) is 9.05 Å². The van der Waals surface area contributed by atoms with Crippen molar-refractivity contribution < 1.29 is 8.42 Å². The molecule has 76 valence electrons. The summed E-state index contributed by atoms with van der Waals surface area (Å²) in [5.41, 5.74) is 0. The number of nitrogens with one attached hydrogen (secondary N) is 1. The Morgan fingerprint density at radius 2 is 2.23 bits per heavy atom. The highest BCUT2D eigenvalue weighted by molar-refractivity contribution is 8.13. The van der Waals surface area contributed by atoms with Gasteiger partial charge in [0.05, 0.1) is 5.75 Å². The predicted molar refractivity (Wildman–Crippen MR) is 54.4 cm³/mol. The topological polar surface area (TPSA) is 46.2 Å². The molecular formula is C8H14ClNO2S. The van der Waals surface area contributed by atoms with Crippen LogP contribution in [0, 0.1) is 0 Å². The Kier molecular flexibility index (Phi) is 4.22. The molecule has 0 spiro atoms. The van der Waals surface area contributed by atoms with E-state index in [0.717, 1.165) is 13.0 Å². The highest BCUT2D eigenvalue weighted by Crippen LogP contribution is 2.08. The maximum Gasteiger partial charge on any atom is 0.236 e. The molecule has 5 heteroatoms. The van der Waals surface area contributed by atoms with Crippen LogP contribution < -0.4 is 5.32 Å². The van der Waals surface area contributed by atoms with E-state index in [1.807, 2.05) is 6.08 Å². The minimum absolute atomic E-state index is 0.0767. The Bertz CT molecular complexity index is 268. The fraction of sp³-hybridized carbons (Fsp3) is 0.750. The van der Waals surface area contributed by atoms with Crippen molar-refractivity contribution in [2.45, 2.75) is 25.3 Å². The highest BCUT2D eigenvalue weighted by Gasteiger charge is 2.08. The summed E-state index contributed by atoms with van der Waals surface area (Å²) in [6, 6.07) is 0.326. The second-order valence-corrected chi connectivity index (χ2v) is 6.01. The quantitative estimate of drug-likeness (QED) is 0.579. The van der Waals surface area contributed by atoms with Gasteiger partial charge in [-0.2, -0.15) is 0 Å². The molecule has 0 aromatic rings. The van der Waals surface area contributed by atoms with Crippen molar-refractivity contribution in [3.05, 3.63) is 12.2 Å². The molecule has 1 N–H and O–H groups in total. The summed E-state index contributed by atoms with van der Waals surface area (Å²) in [7, 11) is 1.68. The van der Waals surface area contributed by atoms with Crippen molar-refractivity contribution in [3.8, 4) is 0 Å². The number of hydrogen-bond donors (Lipinski definition) is 1. The van der Waals surface area contributed by atoms with Crippen molar-refractivity contribution >= 4 is 19.7 Å². The molecular weight excluding hydrogens is 210 g/mol. The molecule has 1 fully saturated rings. The van der Waals surface area contributed by atoms with Crippen molar-refractivity contribution in [1.29, 1.82) is 0 Å². The zero-order valence-corrected chi connectivity index (χ0v) is 8.94. The molecule has 1 saturated heterocycles. The van der Waals surface area contributed by atoms with Gasteiger partial charge in [-0.05, 0) is 19.4 Å². The van der Waals surface area contributed by atoms with Crippen LogP contribution in [0.15, 0.2) is 12.2 Å². The number of hydrogen-bond acceptors (Lipinski definition) is 3. The molecule has 3 nitrogen and oxygen atoms in total. The summed E-state index contributed by atoms with van der Waals surface area (Å²) in [6.45, 7) is 1.02. The molecule has 0 radical (unpaired) electrons. The Hall–Kier alpha value is -0.0600. The Morgan fingerprint density at radius 3 is 2.77 bits per heavy atom. The molecule has 0 amide bonds. The van der Waals surface area contributed by atoms with Gasteiger partial charge in [0, 0.05) is 16.7 Å². The molecule has 0 aromatic carbocycles. The van der Waals surface area contributed by atoms with E-state index in [0.29, 0.717) is 6.04 Å². The first-order chi connectivity index (χ1) is 6.08. The van der Waals surface area contributed by atoms with Gasteiger partial charge >= 0.3 is 0 Å². The molecule has 0 bridgehead atoms. The molecule has 1 unspecified atom stereocenters. The summed E-state index contributed by atoms with van der Waals surface area (Å²) in [5.74, 6) is -0.0767. The summed E-state index contributed by atoms with van der Waals surface area (Å²) >= 11 is 0. The van der Waals surface area contributed by atoms with Crippen LogP contribution in [0.25, 0.3) is 0 Å². The number of halogens is 1. The molecule has 0 aromatic heterocycles. The zero-order chi connectivity index (χ0) is 9.73. The van der Waals surface area contributed by atoms with Gasteiger partial charge in [-0.25, -0.2) is 8.42 Å². The Labute approximate surface area is 83.6 Å². The SMILES string of the molecule is O=S(=O)(Cl)C/C=C\C1CCCCN1. The van der Waals surface area contributed by atoms with Crippen LogP contribution in [0.4, 0.5) is 0 Å². The van der Waals surface area contributed by atoms with Gasteiger partial charge in [0.2, 0.25) is 9.05 Å². The van der Waals surface area contributed by atoms with E-state index in [1.54, 1.807) is 6.08 Å². The van der Waals surface area contributed by atoms with Gasteiger partial charge in [0.1, 0.15) is 0 Å². The number of piperidine rings is 1. The van der Waals surface area contributed by atoms with Gasteiger partial charge in [-0.15, -0.1) is 0 Å². The fourth-order valence-electron chi connectivity index (χ4n) is 1.38. The van der Waals surface area contributed by atoms with E-state index in [-0.39, 0.29) is 5.75 Å². The summed E-state index contributed by atoms with van der Waals surface area (Å²) in [5, 5.41) is 3.28. The Balaban J connectivity index is 2.30. The zero-order valence-electron chi connectivity index (χ0n) is 7.37. The second-order valence-electron chi connectivity index (χ2n) is 3.19. The van der Waals surface area contributed by atoms with Gasteiger partial charge < -0.3 is 5.32 Å². The van der Waals surface area contributed by atoms with Gasteiger partial charge in [-0.3, -0.25) is 0 Å². The van der Waals surface area contributed by atoms with Crippen LogP contribution in [-0.4, -0.2) is 26.8 Å². The van der Waals surface area contributed by atoms with Gasteiger partial charge in [0.25, 0.3) is 0 Å². The van der Waals surface area contributed by atoms with Gasteiger partial charge in [-0.1, -0.05) is 18.6 Å². The van der Waals surface area contributed by atoms with Crippen molar-refractivity contribution in [1.82, 2.24) is 5.32 Å². The van der Waals surface area contributed by atoms with E-state index in [4.69, 9.17) is 10.7 Å². The predicted octanol–water partition coefficient (Wildman–Crippen LogP) is 1.25. The largest absolute Gasteiger partial charge is 0.311 e. The third-order valence-electron chi connectivity index (χ3n) is 2.01. The third-order valence-corrected chi connectivity index (χ3v) is 2.98. The molecule has 0 saturated carbocycles. The smallest absolute Gasteiger partial charge is 0.236 e. The molecule has 1 rings (SSSR count). The maximum atomic E-state index is 10.6. The lowest BCUT2D eigenvalue weighted by Crippen LogP contribution is -2.32. The lowest BCUT2D eigenvalue weighted by Gasteiger charge is -2.19. The first-order valence-electron chi connectivity index (χ1n) is 4.40. The van der Waals surface area contributed by atoms with Crippen molar-refractivity contribution in [2.24, 2.45) is 0 Å². The molecule has 1 aliphatic heterocycles. The van der Waals surface area contributed by atoms with Crippen LogP contribution in [0.3, 0.4) is 0 Å². The standard InChI is InChI=1S/C8H14ClNO2S/c9-13(11,12)7-3-5-8-4-1-2-6-10-8/h3,5,8,10H,1-2,4,6-7H2/b5-3-. The van der Waals surface area contributed by atoms with Crippen LogP contribution in [0.1, 0.15) is 19.3 Å². The molecule has 1 atom stereocenters. The normalized spacial score (nSPS) is 25.2. The van der Waals surface area contributed by atoms with E-state index < -0.39 is 9.05 Å². The average molecular weight is 224 g/mol. The minimum atomic E-state index is -3.37. The second kappa shape index (κ2) is 4.98. The molecule has 0 aliphatic carbocycles. The summed E-state index contributed by atoms with van der Waals surface area (Å²) in [6.07, 6.45) is 7.00. The van der Waals surface area contributed by atoms with Crippen LogP contribution in [0.5, 0.6) is 0 Å². The van der Waals surface area contributed by atoms with Gasteiger partial charge in [0.15, 0.2) is 0 Å². The van der Waals surface area contributed by atoms with Crippen molar-refractivity contribution in [3.63, 3.8) is 0 Å². The van der Waals surface area contributed by atoms with E-state index in [2.05, 4.69) is 5.32 Å². The first kappa shape index (κ1) is 11.0. The van der Waals surface area contributed by atoms with E-state index in [9.17, 15) is 8.42 Å². The fourth-order valence-corrected chi connectivity index (χ4v) is 1.94. The third kappa shape index (κ3) is 5.29.